The molecule has 1 unspecified atom stereocenters. The first-order valence-electron chi connectivity index (χ1n) is 13.8. The Balaban J connectivity index is 1.33. The third kappa shape index (κ3) is 4.48. The quantitative estimate of drug-likeness (QED) is 0.120. The van der Waals surface area contributed by atoms with E-state index in [0.717, 1.165) is 27.8 Å². The summed E-state index contributed by atoms with van der Waals surface area (Å²) in [6, 6.07) is 33.0. The normalized spacial score (nSPS) is 21.6. The number of fused-ring (bicyclic) bond motifs is 2. The molecular formula is C34H30ClN3O3. The first-order valence-corrected chi connectivity index (χ1v) is 14.2. The number of hydrogen-bond acceptors (Lipinski definition) is 5. The minimum atomic E-state index is -0.839. The number of ether oxygens (including phenoxy) is 3. The van der Waals surface area contributed by atoms with Crippen molar-refractivity contribution < 1.29 is 14.2 Å². The molecule has 2 aliphatic rings. The Kier molecular flexibility index (Phi) is 6.51. The summed E-state index contributed by atoms with van der Waals surface area (Å²) in [5, 5.41) is 0.380. The van der Waals surface area contributed by atoms with Gasteiger partial charge in [-0.15, -0.1) is 0 Å². The molecule has 5 aromatic rings. The van der Waals surface area contributed by atoms with E-state index < -0.39 is 11.4 Å². The van der Waals surface area contributed by atoms with Gasteiger partial charge in [0.15, 0.2) is 10.9 Å². The van der Waals surface area contributed by atoms with Gasteiger partial charge >= 0.3 is 0 Å². The lowest BCUT2D eigenvalue weighted by Gasteiger charge is -2.36. The van der Waals surface area contributed by atoms with Crippen molar-refractivity contribution >= 4 is 22.6 Å². The summed E-state index contributed by atoms with van der Waals surface area (Å²) >= 11 is 6.36. The van der Waals surface area contributed by atoms with Crippen LogP contribution >= 0.6 is 11.6 Å². The molecule has 3 aromatic carbocycles. The van der Waals surface area contributed by atoms with Crippen molar-refractivity contribution in [2.75, 3.05) is 6.61 Å². The molecule has 7 rings (SSSR count). The molecule has 0 radical (unpaired) electrons. The topological polar surface area (TPSA) is 58.4 Å². The Morgan fingerprint density at radius 1 is 0.829 bits per heavy atom. The van der Waals surface area contributed by atoms with E-state index >= 15 is 0 Å². The second kappa shape index (κ2) is 10.2. The minimum absolute atomic E-state index is 0.150. The van der Waals surface area contributed by atoms with Crippen molar-refractivity contribution in [2.45, 2.75) is 43.5 Å². The highest BCUT2D eigenvalue weighted by Gasteiger charge is 2.51. The summed E-state index contributed by atoms with van der Waals surface area (Å²) in [6.07, 6.45) is 5.19. The number of pyridine rings is 1. The van der Waals surface area contributed by atoms with Crippen LogP contribution in [0.3, 0.4) is 0 Å². The second-order valence-corrected chi connectivity index (χ2v) is 11.3. The van der Waals surface area contributed by atoms with Crippen LogP contribution in [-0.4, -0.2) is 39.1 Å². The smallest absolute Gasteiger partial charge is 0.164 e. The van der Waals surface area contributed by atoms with Gasteiger partial charge in [-0.05, 0) is 42.2 Å². The van der Waals surface area contributed by atoms with Gasteiger partial charge in [0.25, 0.3) is 0 Å². The van der Waals surface area contributed by atoms with E-state index in [-0.39, 0.29) is 18.2 Å². The molecule has 41 heavy (non-hydrogen) atoms. The molecule has 0 N–H and O–H groups in total. The third-order valence-electron chi connectivity index (χ3n) is 7.98. The molecule has 0 amide bonds. The first-order chi connectivity index (χ1) is 20.0. The lowest BCUT2D eigenvalue weighted by Crippen LogP contribution is -2.35. The molecule has 3 atom stereocenters. The lowest BCUT2D eigenvalue weighted by atomic mass is 9.80. The van der Waals surface area contributed by atoms with Crippen LogP contribution in [0.2, 0.25) is 5.15 Å². The molecule has 2 aromatic heterocycles. The molecule has 0 bridgehead atoms. The van der Waals surface area contributed by atoms with Gasteiger partial charge in [-0.25, -0.2) is 9.97 Å². The monoisotopic (exact) mass is 563 g/mol. The Labute approximate surface area is 244 Å². The van der Waals surface area contributed by atoms with Crippen molar-refractivity contribution in [1.29, 1.82) is 0 Å². The molecule has 0 spiro atoms. The summed E-state index contributed by atoms with van der Waals surface area (Å²) < 4.78 is 22.2. The maximum Gasteiger partial charge on any atom is 0.164 e. The Morgan fingerprint density at radius 3 is 2.00 bits per heavy atom. The van der Waals surface area contributed by atoms with Crippen LogP contribution in [-0.2, 0) is 19.8 Å². The van der Waals surface area contributed by atoms with Gasteiger partial charge in [0.2, 0.25) is 0 Å². The summed E-state index contributed by atoms with van der Waals surface area (Å²) in [5.74, 6) is -0.738. The van der Waals surface area contributed by atoms with E-state index in [9.17, 15) is 0 Å². The Hall–Kier alpha value is -3.81. The molecule has 6 nitrogen and oxygen atoms in total. The molecule has 7 heteroatoms. The number of halogens is 1. The van der Waals surface area contributed by atoms with Crippen LogP contribution in [0.5, 0.6) is 0 Å². The van der Waals surface area contributed by atoms with Crippen molar-refractivity contribution in [1.82, 2.24) is 14.5 Å². The number of aromatic nitrogens is 3. The maximum atomic E-state index is 7.16. The average molecular weight is 564 g/mol. The highest BCUT2D eigenvalue weighted by molar-refractivity contribution is 6.33. The predicted octanol–water partition coefficient (Wildman–Crippen LogP) is 7.09. The zero-order valence-corrected chi connectivity index (χ0v) is 23.6. The minimum Gasteiger partial charge on any atom is -0.356 e. The molecule has 1 fully saturated rings. The summed E-state index contributed by atoms with van der Waals surface area (Å²) in [4.78, 5) is 8.75. The van der Waals surface area contributed by atoms with Gasteiger partial charge < -0.3 is 18.8 Å². The summed E-state index contributed by atoms with van der Waals surface area (Å²) in [7, 11) is 0. The van der Waals surface area contributed by atoms with Crippen molar-refractivity contribution in [3.63, 3.8) is 0 Å². The molecule has 1 aliphatic heterocycles. The van der Waals surface area contributed by atoms with Gasteiger partial charge in [-0.2, -0.15) is 0 Å². The van der Waals surface area contributed by atoms with Crippen molar-refractivity contribution in [2.24, 2.45) is 0 Å². The highest BCUT2D eigenvalue weighted by Crippen LogP contribution is 2.46. The first kappa shape index (κ1) is 26.1. The standard InChI is InChI=1S/C34H30ClN3O3/c1-33(2)40-30-23(20-28(31(30)41-33)38-22-37-29-27(38)18-19-36-32(29)35)21-39-34(24-12-6-3-7-13-24,25-14-8-4-9-15-25)26-16-10-5-11-17-26/h3-20,22,28,30-31H,21H2,1-2H3/t28-,30+,31?/m1/s1. The van der Waals surface area contributed by atoms with Crippen LogP contribution in [0.25, 0.3) is 11.0 Å². The second-order valence-electron chi connectivity index (χ2n) is 10.9. The molecular weight excluding hydrogens is 534 g/mol. The fourth-order valence-corrected chi connectivity index (χ4v) is 6.43. The SMILES string of the molecule is CC1(C)OC2[C@H](n3cnc4c(Cl)nccc43)C=C(COC(c3ccccc3)(c3ccccc3)c3ccccc3)[C@@H]2O1. The van der Waals surface area contributed by atoms with Gasteiger partial charge in [0.05, 0.1) is 24.5 Å². The number of imidazole rings is 1. The lowest BCUT2D eigenvalue weighted by molar-refractivity contribution is -0.148. The number of nitrogens with zero attached hydrogens (tertiary/aromatic N) is 3. The average Bonchev–Trinajstić information content (AvgIpc) is 3.67. The van der Waals surface area contributed by atoms with Crippen molar-refractivity contribution in [3.05, 3.63) is 143 Å². The molecule has 206 valence electrons. The van der Waals surface area contributed by atoms with Crippen LogP contribution in [0.4, 0.5) is 0 Å². The molecule has 3 heterocycles. The molecule has 1 aliphatic carbocycles. The van der Waals surface area contributed by atoms with Gasteiger partial charge in [-0.3, -0.25) is 0 Å². The van der Waals surface area contributed by atoms with E-state index in [4.69, 9.17) is 25.8 Å². The van der Waals surface area contributed by atoms with Crippen LogP contribution in [0.1, 0.15) is 36.6 Å². The van der Waals surface area contributed by atoms with Gasteiger partial charge in [0.1, 0.15) is 23.3 Å². The zero-order chi connectivity index (χ0) is 28.0. The highest BCUT2D eigenvalue weighted by atomic mass is 35.5. The largest absolute Gasteiger partial charge is 0.356 e. The van der Waals surface area contributed by atoms with Gasteiger partial charge in [0, 0.05) is 6.20 Å². The Morgan fingerprint density at radius 2 is 1.41 bits per heavy atom. The molecule has 1 saturated heterocycles. The van der Waals surface area contributed by atoms with Crippen LogP contribution < -0.4 is 0 Å². The number of hydrogen-bond donors (Lipinski definition) is 0. The number of benzene rings is 3. The maximum absolute atomic E-state index is 7.16. The van der Waals surface area contributed by atoms with E-state index in [1.54, 1.807) is 12.5 Å². The summed E-state index contributed by atoms with van der Waals surface area (Å²) in [6.45, 7) is 4.25. The molecule has 0 saturated carbocycles. The van der Waals surface area contributed by atoms with Crippen LogP contribution in [0.15, 0.2) is 121 Å². The van der Waals surface area contributed by atoms with E-state index in [1.165, 1.54) is 0 Å². The fourth-order valence-electron chi connectivity index (χ4n) is 6.23. The van der Waals surface area contributed by atoms with Crippen LogP contribution in [0, 0.1) is 0 Å². The predicted molar refractivity (Wildman–Crippen MR) is 159 cm³/mol. The van der Waals surface area contributed by atoms with E-state index in [1.807, 2.05) is 38.1 Å². The summed E-state index contributed by atoms with van der Waals surface area (Å²) in [5.41, 5.74) is 4.90. The Bertz CT molecular complexity index is 1610. The third-order valence-corrected chi connectivity index (χ3v) is 8.26. The van der Waals surface area contributed by atoms with E-state index in [2.05, 4.69) is 93.4 Å². The van der Waals surface area contributed by atoms with Gasteiger partial charge in [-0.1, -0.05) is 109 Å². The number of rotatable bonds is 7. The van der Waals surface area contributed by atoms with Crippen molar-refractivity contribution in [3.8, 4) is 0 Å². The fraction of sp³-hybridized carbons (Fsp3) is 0.235. The van der Waals surface area contributed by atoms with E-state index in [0.29, 0.717) is 17.3 Å². The zero-order valence-electron chi connectivity index (χ0n) is 22.9.